The molecule has 2 N–H and O–H groups in total. The van der Waals surface area contributed by atoms with E-state index in [1.807, 2.05) is 14.1 Å². The van der Waals surface area contributed by atoms with Crippen molar-refractivity contribution in [1.29, 1.82) is 0 Å². The smallest absolute Gasteiger partial charge is 0.320 e. The first-order valence-corrected chi connectivity index (χ1v) is 3.26. The highest BCUT2D eigenvalue weighted by Crippen LogP contribution is 1.93. The number of rotatable bonds is 4. The van der Waals surface area contributed by atoms with Crippen LogP contribution in [0.25, 0.3) is 0 Å². The summed E-state index contributed by atoms with van der Waals surface area (Å²) in [5.41, 5.74) is 0. The first-order valence-electron chi connectivity index (χ1n) is 2.69. The molecule has 0 saturated carbocycles. The van der Waals surface area contributed by atoms with Crippen molar-refractivity contribution in [2.24, 2.45) is 0 Å². The lowest BCUT2D eigenvalue weighted by atomic mass is 9.75. The summed E-state index contributed by atoms with van der Waals surface area (Å²) in [6.07, 6.45) is 0.554. The molecule has 0 spiro atoms. The minimum atomic E-state index is -0.817. The van der Waals surface area contributed by atoms with Crippen molar-refractivity contribution < 1.29 is 9.90 Å². The molecule has 0 saturated heterocycles. The third-order valence-electron chi connectivity index (χ3n) is 0.971. The summed E-state index contributed by atoms with van der Waals surface area (Å²) < 4.78 is 0. The van der Waals surface area contributed by atoms with E-state index in [0.29, 0.717) is 6.32 Å². The zero-order valence-electron chi connectivity index (χ0n) is 5.29. The average Bonchev–Trinajstić information content (AvgIpc) is 1.82. The fraction of sp³-hybridized carbons (Fsp3) is 0.750. The molecule has 0 aromatic heterocycles. The standard InChI is InChI=1S/C4H10BNO2P/c1-5-2-3(6-9)4(7)8/h3,6H,2,9H2,1H3,(H,7,8)/t3-/m0/s1. The van der Waals surface area contributed by atoms with Gasteiger partial charge in [-0.2, -0.15) is 0 Å². The summed E-state index contributed by atoms with van der Waals surface area (Å²) in [6.45, 7) is 1.83. The maximum absolute atomic E-state index is 10.2. The topological polar surface area (TPSA) is 49.3 Å². The van der Waals surface area contributed by atoms with E-state index in [9.17, 15) is 4.79 Å². The van der Waals surface area contributed by atoms with Crippen LogP contribution in [-0.4, -0.2) is 24.4 Å². The monoisotopic (exact) mass is 146 g/mol. The van der Waals surface area contributed by atoms with E-state index in [-0.39, 0.29) is 0 Å². The van der Waals surface area contributed by atoms with E-state index in [2.05, 4.69) is 14.5 Å². The molecule has 2 atom stereocenters. The molecule has 0 bridgehead atoms. The van der Waals surface area contributed by atoms with Gasteiger partial charge < -0.3 is 5.11 Å². The van der Waals surface area contributed by atoms with Gasteiger partial charge in [-0.25, -0.2) is 0 Å². The second-order valence-corrected chi connectivity index (χ2v) is 2.03. The van der Waals surface area contributed by atoms with Crippen molar-refractivity contribution in [3.8, 4) is 0 Å². The lowest BCUT2D eigenvalue weighted by molar-refractivity contribution is -0.138. The van der Waals surface area contributed by atoms with Gasteiger partial charge >= 0.3 is 5.97 Å². The van der Waals surface area contributed by atoms with Crippen LogP contribution in [0, 0.1) is 0 Å². The number of hydrogen-bond acceptors (Lipinski definition) is 2. The van der Waals surface area contributed by atoms with Crippen molar-refractivity contribution in [1.82, 2.24) is 5.09 Å². The van der Waals surface area contributed by atoms with Crippen LogP contribution in [0.2, 0.25) is 13.1 Å². The Hall–Kier alpha value is -0.0751. The van der Waals surface area contributed by atoms with E-state index in [1.54, 1.807) is 0 Å². The summed E-state index contributed by atoms with van der Waals surface area (Å²) in [4.78, 5) is 10.2. The molecular formula is C4H10BNO2P. The van der Waals surface area contributed by atoms with Crippen molar-refractivity contribution in [3.63, 3.8) is 0 Å². The molecule has 0 aliphatic rings. The predicted octanol–water partition coefficient (Wildman–Crippen LogP) is -0.0101. The minimum Gasteiger partial charge on any atom is -0.480 e. The highest BCUT2D eigenvalue weighted by Gasteiger charge is 2.12. The van der Waals surface area contributed by atoms with E-state index < -0.39 is 12.0 Å². The SMILES string of the molecule is C[B]C[C@H](NP)C(=O)O. The molecule has 9 heavy (non-hydrogen) atoms. The number of aliphatic carboxylic acids is 1. The molecule has 0 aromatic rings. The van der Waals surface area contributed by atoms with Gasteiger partial charge in [0, 0.05) is 0 Å². The van der Waals surface area contributed by atoms with Crippen molar-refractivity contribution in [2.75, 3.05) is 0 Å². The van der Waals surface area contributed by atoms with Crippen LogP contribution < -0.4 is 5.09 Å². The van der Waals surface area contributed by atoms with Crippen LogP contribution in [0.4, 0.5) is 0 Å². The molecule has 0 aliphatic carbocycles. The highest BCUT2D eigenvalue weighted by atomic mass is 31.0. The lowest BCUT2D eigenvalue weighted by Crippen LogP contribution is -2.30. The maximum Gasteiger partial charge on any atom is 0.320 e. The quantitative estimate of drug-likeness (QED) is 0.433. The predicted molar refractivity (Wildman–Crippen MR) is 40.7 cm³/mol. The van der Waals surface area contributed by atoms with Gasteiger partial charge in [-0.3, -0.25) is 9.88 Å². The van der Waals surface area contributed by atoms with Gasteiger partial charge in [0.05, 0.1) is 0 Å². The number of carbonyl (C=O) groups is 1. The second kappa shape index (κ2) is 4.77. The normalized spacial score (nSPS) is 12.7. The molecule has 0 heterocycles. The fourth-order valence-electron chi connectivity index (χ4n) is 0.476. The Morgan fingerprint density at radius 1 is 2.00 bits per heavy atom. The summed E-state index contributed by atoms with van der Waals surface area (Å²) >= 11 is 0. The Morgan fingerprint density at radius 3 is 2.67 bits per heavy atom. The first-order chi connectivity index (χ1) is 4.22. The zero-order valence-corrected chi connectivity index (χ0v) is 6.45. The Labute approximate surface area is 57.7 Å². The molecule has 0 aromatic carbocycles. The average molecular weight is 146 g/mol. The molecule has 3 nitrogen and oxygen atoms in total. The Bertz CT molecular complexity index is 101. The summed E-state index contributed by atoms with van der Waals surface area (Å²) in [5.74, 6) is -0.817. The van der Waals surface area contributed by atoms with E-state index >= 15 is 0 Å². The van der Waals surface area contributed by atoms with Crippen LogP contribution in [0.5, 0.6) is 0 Å². The lowest BCUT2D eigenvalue weighted by Gasteiger charge is -2.06. The van der Waals surface area contributed by atoms with Gasteiger partial charge in [0.25, 0.3) is 0 Å². The third kappa shape index (κ3) is 3.49. The number of carboxylic acids is 1. The van der Waals surface area contributed by atoms with Gasteiger partial charge in [-0.1, -0.05) is 22.5 Å². The van der Waals surface area contributed by atoms with Crippen molar-refractivity contribution in [2.45, 2.75) is 19.2 Å². The molecule has 1 radical (unpaired) electrons. The van der Waals surface area contributed by atoms with Crippen molar-refractivity contribution in [3.05, 3.63) is 0 Å². The molecular weight excluding hydrogens is 136 g/mol. The van der Waals surface area contributed by atoms with E-state index in [0.717, 1.165) is 0 Å². The molecule has 0 fully saturated rings. The number of hydrogen-bond donors (Lipinski definition) is 2. The Balaban J connectivity index is 3.54. The Morgan fingerprint density at radius 2 is 2.56 bits per heavy atom. The van der Waals surface area contributed by atoms with Crippen LogP contribution in [-0.2, 0) is 4.79 Å². The fourth-order valence-corrected chi connectivity index (χ4v) is 0.755. The summed E-state index contributed by atoms with van der Waals surface area (Å²) in [6, 6.07) is -0.458. The molecule has 0 rings (SSSR count). The van der Waals surface area contributed by atoms with Gasteiger partial charge in [-0.05, 0) is 0 Å². The molecule has 0 aliphatic heterocycles. The first kappa shape index (κ1) is 8.92. The van der Waals surface area contributed by atoms with Crippen molar-refractivity contribution >= 4 is 22.6 Å². The van der Waals surface area contributed by atoms with Gasteiger partial charge in [-0.15, -0.1) is 0 Å². The third-order valence-corrected chi connectivity index (χ3v) is 1.37. The van der Waals surface area contributed by atoms with Gasteiger partial charge in [0.2, 0.25) is 0 Å². The van der Waals surface area contributed by atoms with Crippen LogP contribution in [0.1, 0.15) is 0 Å². The van der Waals surface area contributed by atoms with E-state index in [1.165, 1.54) is 0 Å². The van der Waals surface area contributed by atoms with Crippen LogP contribution in [0.3, 0.4) is 0 Å². The maximum atomic E-state index is 10.2. The number of nitrogens with one attached hydrogen (secondary N) is 1. The van der Waals surface area contributed by atoms with Crippen LogP contribution in [0.15, 0.2) is 0 Å². The molecule has 1 unspecified atom stereocenters. The highest BCUT2D eigenvalue weighted by molar-refractivity contribution is 7.13. The number of carboxylic acid groups (broad SMARTS) is 1. The minimum absolute atomic E-state index is 0.458. The summed E-state index contributed by atoms with van der Waals surface area (Å²) in [7, 11) is 4.00. The Kier molecular flexibility index (Phi) is 4.73. The molecule has 5 heteroatoms. The molecule has 0 amide bonds. The summed E-state index contributed by atoms with van der Waals surface area (Å²) in [5, 5.41) is 11.0. The molecule has 51 valence electrons. The van der Waals surface area contributed by atoms with Gasteiger partial charge in [0.15, 0.2) is 0 Å². The zero-order chi connectivity index (χ0) is 7.28. The van der Waals surface area contributed by atoms with Crippen LogP contribution >= 0.6 is 9.39 Å². The van der Waals surface area contributed by atoms with E-state index in [4.69, 9.17) is 5.11 Å². The second-order valence-electron chi connectivity index (χ2n) is 1.70. The largest absolute Gasteiger partial charge is 0.480 e. The van der Waals surface area contributed by atoms with Gasteiger partial charge in [0.1, 0.15) is 13.3 Å².